The number of nitrogens with one attached hydrogen (secondary N) is 1. The molecule has 136 valence electrons. The second kappa shape index (κ2) is 7.03. The van der Waals surface area contributed by atoms with Crippen LogP contribution in [0.3, 0.4) is 0 Å². The molecule has 0 unspecified atom stereocenters. The van der Waals surface area contributed by atoms with Gasteiger partial charge in [-0.05, 0) is 18.2 Å². The Labute approximate surface area is 158 Å². The van der Waals surface area contributed by atoms with Gasteiger partial charge in [0, 0.05) is 28.9 Å². The molecule has 3 rings (SSSR count). The van der Waals surface area contributed by atoms with E-state index < -0.39 is 0 Å². The van der Waals surface area contributed by atoms with Crippen LogP contribution in [0.25, 0.3) is 10.9 Å². The monoisotopic (exact) mass is 418 g/mol. The van der Waals surface area contributed by atoms with E-state index in [1.807, 2.05) is 26.8 Å². The Morgan fingerprint density at radius 3 is 2.77 bits per heavy atom. The molecular weight excluding hydrogens is 400 g/mol. The van der Waals surface area contributed by atoms with Crippen molar-refractivity contribution in [3.8, 4) is 0 Å². The first-order chi connectivity index (χ1) is 12.2. The molecule has 0 saturated heterocycles. The summed E-state index contributed by atoms with van der Waals surface area (Å²) in [6.07, 6.45) is 1.58. The summed E-state index contributed by atoms with van der Waals surface area (Å²) < 4.78 is 7.47. The third-order valence-electron chi connectivity index (χ3n) is 3.88. The molecule has 0 fully saturated rings. The molecule has 8 heteroatoms. The number of halogens is 1. The number of anilines is 1. The molecule has 0 aliphatic rings. The molecule has 3 aromatic rings. The van der Waals surface area contributed by atoms with Crippen molar-refractivity contribution in [1.29, 1.82) is 0 Å². The summed E-state index contributed by atoms with van der Waals surface area (Å²) in [6, 6.07) is 7.04. The van der Waals surface area contributed by atoms with Crippen LogP contribution < -0.4 is 10.9 Å². The molecule has 0 aliphatic heterocycles. The van der Waals surface area contributed by atoms with Crippen molar-refractivity contribution in [2.45, 2.75) is 39.2 Å². The van der Waals surface area contributed by atoms with Gasteiger partial charge in [0.15, 0.2) is 5.82 Å². The maximum Gasteiger partial charge on any atom is 0.261 e. The van der Waals surface area contributed by atoms with E-state index in [0.29, 0.717) is 22.5 Å². The third kappa shape index (κ3) is 4.01. The summed E-state index contributed by atoms with van der Waals surface area (Å²) in [4.78, 5) is 28.9. The number of aromatic nitrogens is 3. The second-order valence-corrected chi connectivity index (χ2v) is 7.94. The van der Waals surface area contributed by atoms with Gasteiger partial charge >= 0.3 is 0 Å². The fourth-order valence-corrected chi connectivity index (χ4v) is 2.77. The lowest BCUT2D eigenvalue weighted by molar-refractivity contribution is -0.116. The Kier molecular flexibility index (Phi) is 4.95. The number of fused-ring (bicyclic) bond motifs is 1. The Hall–Kier alpha value is -2.48. The van der Waals surface area contributed by atoms with Crippen LogP contribution in [-0.2, 0) is 16.8 Å². The minimum atomic E-state index is -0.250. The van der Waals surface area contributed by atoms with Crippen LogP contribution in [0.5, 0.6) is 0 Å². The molecule has 1 aromatic carbocycles. The normalized spacial score (nSPS) is 11.7. The first-order valence-corrected chi connectivity index (χ1v) is 8.95. The van der Waals surface area contributed by atoms with E-state index in [4.69, 9.17) is 4.52 Å². The molecule has 1 amide bonds. The van der Waals surface area contributed by atoms with Crippen LogP contribution in [0.2, 0.25) is 0 Å². The molecule has 0 spiro atoms. The van der Waals surface area contributed by atoms with Crippen LogP contribution in [0.4, 0.5) is 5.82 Å². The maximum absolute atomic E-state index is 12.5. The van der Waals surface area contributed by atoms with Gasteiger partial charge in [-0.15, -0.1) is 0 Å². The van der Waals surface area contributed by atoms with E-state index in [1.54, 1.807) is 18.2 Å². The summed E-state index contributed by atoms with van der Waals surface area (Å²) in [5, 5.41) is 7.04. The Balaban J connectivity index is 1.68. The largest absolute Gasteiger partial charge is 0.359 e. The smallest absolute Gasteiger partial charge is 0.261 e. The molecule has 7 nitrogen and oxygen atoms in total. The van der Waals surface area contributed by atoms with Gasteiger partial charge in [0.25, 0.3) is 5.56 Å². The molecule has 0 atom stereocenters. The second-order valence-electron chi connectivity index (χ2n) is 7.03. The molecule has 0 radical (unpaired) electrons. The highest BCUT2D eigenvalue weighted by Crippen LogP contribution is 2.24. The van der Waals surface area contributed by atoms with Gasteiger partial charge in [0.1, 0.15) is 5.76 Å². The topological polar surface area (TPSA) is 90.0 Å². The zero-order valence-corrected chi connectivity index (χ0v) is 16.3. The fraction of sp³-hybridized carbons (Fsp3) is 0.333. The van der Waals surface area contributed by atoms with E-state index in [1.165, 1.54) is 10.9 Å². The molecule has 26 heavy (non-hydrogen) atoms. The lowest BCUT2D eigenvalue weighted by Gasteiger charge is -2.12. The summed E-state index contributed by atoms with van der Waals surface area (Å²) in [6.45, 7) is 6.22. The van der Waals surface area contributed by atoms with Gasteiger partial charge < -0.3 is 9.84 Å². The third-order valence-corrected chi connectivity index (χ3v) is 4.38. The van der Waals surface area contributed by atoms with Crippen molar-refractivity contribution in [3.05, 3.63) is 51.2 Å². The van der Waals surface area contributed by atoms with Crippen LogP contribution in [0, 0.1) is 0 Å². The number of aryl methyl sites for hydroxylation is 1. The number of hydrogen-bond acceptors (Lipinski definition) is 5. The van der Waals surface area contributed by atoms with E-state index in [0.717, 1.165) is 4.47 Å². The maximum atomic E-state index is 12.5. The van der Waals surface area contributed by atoms with Crippen LogP contribution in [0.1, 0.15) is 33.0 Å². The van der Waals surface area contributed by atoms with Crippen LogP contribution in [0.15, 0.2) is 44.4 Å². The van der Waals surface area contributed by atoms with E-state index in [-0.39, 0.29) is 29.8 Å². The Bertz CT molecular complexity index is 1020. The van der Waals surface area contributed by atoms with Crippen molar-refractivity contribution in [1.82, 2.24) is 14.7 Å². The molecule has 0 bridgehead atoms. The molecule has 1 N–H and O–H groups in total. The zero-order chi connectivity index (χ0) is 18.9. The minimum absolute atomic E-state index is 0.124. The molecule has 0 aliphatic carbocycles. The number of amides is 1. The lowest BCUT2D eigenvalue weighted by atomic mass is 9.93. The Morgan fingerprint density at radius 2 is 2.08 bits per heavy atom. The van der Waals surface area contributed by atoms with Crippen molar-refractivity contribution in [3.63, 3.8) is 0 Å². The average Bonchev–Trinajstić information content (AvgIpc) is 3.03. The van der Waals surface area contributed by atoms with Crippen molar-refractivity contribution in [2.75, 3.05) is 5.32 Å². The number of rotatable bonds is 4. The van der Waals surface area contributed by atoms with E-state index >= 15 is 0 Å². The number of nitrogens with zero attached hydrogens (tertiary/aromatic N) is 3. The highest BCUT2D eigenvalue weighted by atomic mass is 79.9. The van der Waals surface area contributed by atoms with Gasteiger partial charge in [-0.2, -0.15) is 0 Å². The average molecular weight is 419 g/mol. The van der Waals surface area contributed by atoms with Gasteiger partial charge in [-0.25, -0.2) is 4.98 Å². The Morgan fingerprint density at radius 1 is 1.31 bits per heavy atom. The summed E-state index contributed by atoms with van der Waals surface area (Å²) in [7, 11) is 0. The number of carbonyl (C=O) groups is 1. The van der Waals surface area contributed by atoms with E-state index in [2.05, 4.69) is 31.4 Å². The number of carbonyl (C=O) groups excluding carboxylic acids is 1. The molecule has 0 saturated carbocycles. The SMILES string of the molecule is CC(C)(C)c1cc(NC(=O)CCn2cnc3ccc(Br)cc3c2=O)no1. The summed E-state index contributed by atoms with van der Waals surface area (Å²) in [5.74, 6) is 0.807. The van der Waals surface area contributed by atoms with E-state index in [9.17, 15) is 9.59 Å². The van der Waals surface area contributed by atoms with Crippen molar-refractivity contribution >= 4 is 38.6 Å². The van der Waals surface area contributed by atoms with Crippen LogP contribution >= 0.6 is 15.9 Å². The summed E-state index contributed by atoms with van der Waals surface area (Å²) >= 11 is 3.35. The molecular formula is C18H19BrN4O3. The van der Waals surface area contributed by atoms with Gasteiger partial charge in [0.05, 0.1) is 17.2 Å². The quantitative estimate of drug-likeness (QED) is 0.700. The molecule has 2 aromatic heterocycles. The highest BCUT2D eigenvalue weighted by molar-refractivity contribution is 9.10. The standard InChI is InChI=1S/C18H19BrN4O3/c1-18(2,3)14-9-15(22-26-14)21-16(24)6-7-23-10-20-13-5-4-11(19)8-12(13)17(23)25/h4-5,8-10H,6-7H2,1-3H3,(H,21,22,24). The number of hydrogen-bond donors (Lipinski definition) is 1. The molecule has 2 heterocycles. The van der Waals surface area contributed by atoms with Gasteiger partial charge in [-0.1, -0.05) is 41.9 Å². The first-order valence-electron chi connectivity index (χ1n) is 8.16. The fourth-order valence-electron chi connectivity index (χ4n) is 2.41. The van der Waals surface area contributed by atoms with Crippen LogP contribution in [-0.4, -0.2) is 20.6 Å². The first kappa shape index (κ1) is 18.3. The predicted molar refractivity (Wildman–Crippen MR) is 102 cm³/mol. The minimum Gasteiger partial charge on any atom is -0.359 e. The lowest BCUT2D eigenvalue weighted by Crippen LogP contribution is -2.23. The van der Waals surface area contributed by atoms with Crippen molar-refractivity contribution in [2.24, 2.45) is 0 Å². The number of benzene rings is 1. The van der Waals surface area contributed by atoms with Gasteiger partial charge in [0.2, 0.25) is 5.91 Å². The van der Waals surface area contributed by atoms with Crippen molar-refractivity contribution < 1.29 is 9.32 Å². The summed E-state index contributed by atoms with van der Waals surface area (Å²) in [5.41, 5.74) is 0.255. The zero-order valence-electron chi connectivity index (χ0n) is 14.7. The van der Waals surface area contributed by atoms with Gasteiger partial charge in [-0.3, -0.25) is 14.2 Å². The predicted octanol–water partition coefficient (Wildman–Crippen LogP) is 3.47. The highest BCUT2D eigenvalue weighted by Gasteiger charge is 2.20.